The number of rotatable bonds is 5. The Bertz CT molecular complexity index is 253. The molecular weight excluding hydrogens is 227 g/mol. The predicted molar refractivity (Wildman–Crippen MR) is 65.4 cm³/mol. The monoisotopic (exact) mass is 250 g/mol. The zero-order valence-electron chi connectivity index (χ0n) is 11.1. The van der Waals surface area contributed by atoms with E-state index in [4.69, 9.17) is 13.6 Å². The van der Waals surface area contributed by atoms with Gasteiger partial charge in [0.1, 0.15) is 0 Å². The largest absolute Gasteiger partial charge is 0.476 e. The second kappa shape index (κ2) is 5.46. The highest BCUT2D eigenvalue weighted by molar-refractivity contribution is 7.48. The predicted octanol–water partition coefficient (Wildman–Crippen LogP) is 3.93. The summed E-state index contributed by atoms with van der Waals surface area (Å²) in [5.41, 5.74) is -1.19. The van der Waals surface area contributed by atoms with Gasteiger partial charge in [0.05, 0.1) is 17.8 Å². The highest BCUT2D eigenvalue weighted by Gasteiger charge is 2.36. The van der Waals surface area contributed by atoms with Crippen molar-refractivity contribution in [2.24, 2.45) is 0 Å². The van der Waals surface area contributed by atoms with Crippen molar-refractivity contribution in [3.63, 3.8) is 0 Å². The van der Waals surface area contributed by atoms with Gasteiger partial charge in [-0.3, -0.25) is 13.6 Å². The van der Waals surface area contributed by atoms with E-state index in [1.54, 1.807) is 41.5 Å². The summed E-state index contributed by atoms with van der Waals surface area (Å²) in [6.07, 6.45) is 1.50. The van der Waals surface area contributed by atoms with Gasteiger partial charge in [-0.15, -0.1) is 6.58 Å². The maximum absolute atomic E-state index is 12.3. The van der Waals surface area contributed by atoms with Crippen LogP contribution in [-0.4, -0.2) is 17.8 Å². The maximum Gasteiger partial charge on any atom is 0.476 e. The third-order valence-corrected chi connectivity index (χ3v) is 3.13. The van der Waals surface area contributed by atoms with E-state index in [0.717, 1.165) is 0 Å². The van der Waals surface area contributed by atoms with Crippen molar-refractivity contribution in [3.05, 3.63) is 12.7 Å². The molecule has 0 rings (SSSR count). The molecular formula is C11H23O4P. The molecule has 0 aliphatic rings. The van der Waals surface area contributed by atoms with Crippen LogP contribution in [0.5, 0.6) is 0 Å². The molecule has 0 saturated carbocycles. The van der Waals surface area contributed by atoms with Crippen molar-refractivity contribution in [2.45, 2.75) is 52.7 Å². The van der Waals surface area contributed by atoms with Gasteiger partial charge in [0.2, 0.25) is 0 Å². The van der Waals surface area contributed by atoms with Gasteiger partial charge in [0, 0.05) is 0 Å². The van der Waals surface area contributed by atoms with E-state index in [9.17, 15) is 4.57 Å². The van der Waals surface area contributed by atoms with Crippen molar-refractivity contribution in [1.29, 1.82) is 0 Å². The minimum absolute atomic E-state index is 0.128. The molecule has 0 aliphatic heterocycles. The molecule has 0 aromatic rings. The molecule has 0 unspecified atom stereocenters. The highest BCUT2D eigenvalue weighted by Crippen LogP contribution is 2.55. The molecule has 0 aromatic heterocycles. The maximum atomic E-state index is 12.3. The molecule has 0 N–H and O–H groups in total. The van der Waals surface area contributed by atoms with Gasteiger partial charge in [0.25, 0.3) is 0 Å². The quantitative estimate of drug-likeness (QED) is 0.548. The molecule has 5 heteroatoms. The smallest absolute Gasteiger partial charge is 0.283 e. The molecule has 0 saturated heterocycles. The summed E-state index contributed by atoms with van der Waals surface area (Å²) in [5, 5.41) is 0. The Balaban J connectivity index is 4.75. The Morgan fingerprint density at radius 3 is 1.69 bits per heavy atom. The Hall–Kier alpha value is -0.150. The highest BCUT2D eigenvalue weighted by atomic mass is 31.2. The zero-order valence-corrected chi connectivity index (χ0v) is 12.0. The van der Waals surface area contributed by atoms with E-state index in [2.05, 4.69) is 6.58 Å². The van der Waals surface area contributed by atoms with Crippen molar-refractivity contribution >= 4 is 7.82 Å². The number of hydrogen-bond donors (Lipinski definition) is 0. The lowest BCUT2D eigenvalue weighted by molar-refractivity contribution is 0.00674. The molecule has 0 aliphatic carbocycles. The fourth-order valence-electron chi connectivity index (χ4n) is 0.886. The number of hydrogen-bond acceptors (Lipinski definition) is 4. The van der Waals surface area contributed by atoms with Crippen molar-refractivity contribution < 1.29 is 18.1 Å². The van der Waals surface area contributed by atoms with Gasteiger partial charge in [0.15, 0.2) is 0 Å². The minimum Gasteiger partial charge on any atom is -0.283 e. The van der Waals surface area contributed by atoms with Gasteiger partial charge < -0.3 is 0 Å². The molecule has 0 aromatic carbocycles. The summed E-state index contributed by atoms with van der Waals surface area (Å²) < 4.78 is 28.1. The first kappa shape index (κ1) is 15.9. The first-order chi connectivity index (χ1) is 6.97. The zero-order chi connectivity index (χ0) is 13.0. The van der Waals surface area contributed by atoms with E-state index in [0.29, 0.717) is 0 Å². The number of phosphoric acid groups is 1. The average Bonchev–Trinajstić information content (AvgIpc) is 1.93. The Labute approximate surface area is 98.6 Å². The minimum atomic E-state index is -3.55. The second-order valence-corrected chi connectivity index (χ2v) is 6.96. The SMILES string of the molecule is C=CCOP(=O)(OC(C)(C)C)OC(C)(C)C. The molecule has 0 heterocycles. The summed E-state index contributed by atoms with van der Waals surface area (Å²) >= 11 is 0. The third kappa shape index (κ3) is 8.05. The van der Waals surface area contributed by atoms with Crippen LogP contribution < -0.4 is 0 Å². The average molecular weight is 250 g/mol. The molecule has 0 fully saturated rings. The summed E-state index contributed by atoms with van der Waals surface area (Å²) in [7, 11) is -3.55. The fraction of sp³-hybridized carbons (Fsp3) is 0.818. The number of phosphoric ester groups is 1. The molecule has 0 spiro atoms. The summed E-state index contributed by atoms with van der Waals surface area (Å²) in [6.45, 7) is 14.4. The van der Waals surface area contributed by atoms with E-state index >= 15 is 0 Å². The summed E-state index contributed by atoms with van der Waals surface area (Å²) in [6, 6.07) is 0. The lowest BCUT2D eigenvalue weighted by Crippen LogP contribution is -2.24. The fourth-order valence-corrected chi connectivity index (χ4v) is 2.66. The molecule has 0 atom stereocenters. The second-order valence-electron chi connectivity index (χ2n) is 5.44. The van der Waals surface area contributed by atoms with Gasteiger partial charge in [-0.1, -0.05) is 6.08 Å². The Morgan fingerprint density at radius 2 is 1.44 bits per heavy atom. The third-order valence-electron chi connectivity index (χ3n) is 1.12. The van der Waals surface area contributed by atoms with Gasteiger partial charge in [-0.2, -0.15) is 0 Å². The van der Waals surface area contributed by atoms with E-state index in [1.807, 2.05) is 0 Å². The first-order valence-electron chi connectivity index (χ1n) is 5.24. The van der Waals surface area contributed by atoms with Crippen LogP contribution in [0.2, 0.25) is 0 Å². The van der Waals surface area contributed by atoms with Crippen LogP contribution in [0.25, 0.3) is 0 Å². The Morgan fingerprint density at radius 1 is 1.06 bits per heavy atom. The van der Waals surface area contributed by atoms with Crippen molar-refractivity contribution in [2.75, 3.05) is 6.61 Å². The van der Waals surface area contributed by atoms with Crippen LogP contribution in [-0.2, 0) is 18.1 Å². The first-order valence-corrected chi connectivity index (χ1v) is 6.70. The van der Waals surface area contributed by atoms with E-state index in [1.165, 1.54) is 6.08 Å². The molecule has 96 valence electrons. The molecule has 0 bridgehead atoms. The van der Waals surface area contributed by atoms with Crippen LogP contribution in [0.15, 0.2) is 12.7 Å². The van der Waals surface area contributed by atoms with Crippen molar-refractivity contribution in [3.8, 4) is 0 Å². The summed E-state index contributed by atoms with van der Waals surface area (Å²) in [5.74, 6) is 0. The summed E-state index contributed by atoms with van der Waals surface area (Å²) in [4.78, 5) is 0. The lowest BCUT2D eigenvalue weighted by Gasteiger charge is -2.30. The van der Waals surface area contributed by atoms with Crippen LogP contribution >= 0.6 is 7.82 Å². The van der Waals surface area contributed by atoms with Crippen LogP contribution in [0.1, 0.15) is 41.5 Å². The topological polar surface area (TPSA) is 44.8 Å². The Kier molecular flexibility index (Phi) is 5.40. The van der Waals surface area contributed by atoms with E-state index < -0.39 is 19.0 Å². The van der Waals surface area contributed by atoms with Crippen LogP contribution in [0.3, 0.4) is 0 Å². The lowest BCUT2D eigenvalue weighted by atomic mass is 10.2. The standard InChI is InChI=1S/C11H23O4P/c1-8-9-13-16(12,14-10(2,3)4)15-11(5,6)7/h8H,1,9H2,2-7H3. The molecule has 0 radical (unpaired) electrons. The normalized spacial score (nSPS) is 13.9. The molecule has 4 nitrogen and oxygen atoms in total. The van der Waals surface area contributed by atoms with E-state index in [-0.39, 0.29) is 6.61 Å². The van der Waals surface area contributed by atoms with Crippen LogP contribution in [0.4, 0.5) is 0 Å². The van der Waals surface area contributed by atoms with Gasteiger partial charge in [-0.25, -0.2) is 4.57 Å². The van der Waals surface area contributed by atoms with Gasteiger partial charge >= 0.3 is 7.82 Å². The van der Waals surface area contributed by atoms with Gasteiger partial charge in [-0.05, 0) is 41.5 Å². The van der Waals surface area contributed by atoms with Crippen LogP contribution in [0, 0.1) is 0 Å². The molecule has 16 heavy (non-hydrogen) atoms. The molecule has 0 amide bonds. The van der Waals surface area contributed by atoms with Crippen molar-refractivity contribution in [1.82, 2.24) is 0 Å².